The van der Waals surface area contributed by atoms with Crippen LogP contribution in [0.1, 0.15) is 16.8 Å². The second kappa shape index (κ2) is 4.42. The molecule has 5 nitrogen and oxygen atoms in total. The molecule has 0 bridgehead atoms. The molecule has 2 aromatic rings. The summed E-state index contributed by atoms with van der Waals surface area (Å²) in [6, 6.07) is 7.76. The fraction of sp³-hybridized carbons (Fsp3) is 0.286. The summed E-state index contributed by atoms with van der Waals surface area (Å²) in [4.78, 5) is 12.2. The number of aryl methyl sites for hydroxylation is 1. The minimum Gasteiger partial charge on any atom is -0.373 e. The first-order valence-corrected chi connectivity index (χ1v) is 6.32. The zero-order valence-corrected chi connectivity index (χ0v) is 10.9. The average molecular weight is 256 g/mol. The Balaban J connectivity index is 1.72. The van der Waals surface area contributed by atoms with Gasteiger partial charge in [-0.15, -0.1) is 0 Å². The van der Waals surface area contributed by atoms with Crippen molar-refractivity contribution in [3.63, 3.8) is 0 Å². The lowest BCUT2D eigenvalue weighted by molar-refractivity contribution is -0.116. The summed E-state index contributed by atoms with van der Waals surface area (Å²) in [5.74, 6) is 0.561. The van der Waals surface area contributed by atoms with Crippen LogP contribution in [-0.4, -0.2) is 22.1 Å². The van der Waals surface area contributed by atoms with Gasteiger partial charge in [0.05, 0.1) is 0 Å². The third kappa shape index (κ3) is 2.07. The van der Waals surface area contributed by atoms with Gasteiger partial charge in [0.25, 0.3) is 0 Å². The predicted molar refractivity (Wildman–Crippen MR) is 74.2 cm³/mol. The first kappa shape index (κ1) is 11.8. The van der Waals surface area contributed by atoms with Gasteiger partial charge in [-0.25, -0.2) is 0 Å². The lowest BCUT2D eigenvalue weighted by atomic mass is 10.1. The van der Waals surface area contributed by atoms with Crippen molar-refractivity contribution in [2.45, 2.75) is 26.3 Å². The molecule has 1 aliphatic heterocycles. The van der Waals surface area contributed by atoms with Crippen molar-refractivity contribution in [1.82, 2.24) is 10.2 Å². The lowest BCUT2D eigenvalue weighted by Gasteiger charge is -2.10. The monoisotopic (exact) mass is 256 g/mol. The van der Waals surface area contributed by atoms with Crippen molar-refractivity contribution in [2.75, 3.05) is 10.6 Å². The molecule has 1 aliphatic rings. The van der Waals surface area contributed by atoms with Crippen LogP contribution in [0.25, 0.3) is 0 Å². The zero-order chi connectivity index (χ0) is 13.4. The standard InChI is InChI=1S/C14H16N4O/c1-8-9(2)17-18-13(8)16-14(19)12-7-10-5-3-4-6-11(10)15-12/h3-6,12,15H,7H2,1-2H3,(H2,16,17,18,19)/t12-/m0/s1. The van der Waals surface area contributed by atoms with Gasteiger partial charge in [-0.1, -0.05) is 18.2 Å². The molecule has 2 heterocycles. The van der Waals surface area contributed by atoms with Crippen LogP contribution in [0.15, 0.2) is 24.3 Å². The van der Waals surface area contributed by atoms with E-state index in [4.69, 9.17) is 0 Å². The van der Waals surface area contributed by atoms with Crippen LogP contribution in [0.2, 0.25) is 0 Å². The zero-order valence-electron chi connectivity index (χ0n) is 10.9. The van der Waals surface area contributed by atoms with Crippen molar-refractivity contribution in [2.24, 2.45) is 0 Å². The second-order valence-corrected chi connectivity index (χ2v) is 4.87. The van der Waals surface area contributed by atoms with Crippen molar-refractivity contribution < 1.29 is 4.79 Å². The van der Waals surface area contributed by atoms with E-state index in [1.165, 1.54) is 5.56 Å². The number of carbonyl (C=O) groups excluding carboxylic acids is 1. The molecular formula is C14H16N4O. The number of benzene rings is 1. The van der Waals surface area contributed by atoms with Gasteiger partial charge in [-0.2, -0.15) is 5.10 Å². The highest BCUT2D eigenvalue weighted by atomic mass is 16.2. The number of para-hydroxylation sites is 1. The molecule has 0 unspecified atom stereocenters. The highest BCUT2D eigenvalue weighted by molar-refractivity contribution is 5.97. The number of nitrogens with zero attached hydrogens (tertiary/aromatic N) is 1. The Morgan fingerprint density at radius 1 is 1.37 bits per heavy atom. The fourth-order valence-corrected chi connectivity index (χ4v) is 2.27. The highest BCUT2D eigenvalue weighted by Gasteiger charge is 2.27. The molecule has 0 saturated carbocycles. The van der Waals surface area contributed by atoms with Crippen LogP contribution in [0.3, 0.4) is 0 Å². The smallest absolute Gasteiger partial charge is 0.248 e. The Morgan fingerprint density at radius 2 is 2.16 bits per heavy atom. The Hall–Kier alpha value is -2.30. The van der Waals surface area contributed by atoms with E-state index in [0.717, 1.165) is 16.9 Å². The van der Waals surface area contributed by atoms with Gasteiger partial charge >= 0.3 is 0 Å². The molecule has 1 aromatic carbocycles. The van der Waals surface area contributed by atoms with Crippen molar-refractivity contribution in [3.05, 3.63) is 41.1 Å². The van der Waals surface area contributed by atoms with E-state index in [0.29, 0.717) is 12.2 Å². The van der Waals surface area contributed by atoms with Gasteiger partial charge in [-0.05, 0) is 25.5 Å². The van der Waals surface area contributed by atoms with E-state index >= 15 is 0 Å². The Kier molecular flexibility index (Phi) is 2.74. The summed E-state index contributed by atoms with van der Waals surface area (Å²) in [6.07, 6.45) is 0.713. The Labute approximate surface area is 111 Å². The summed E-state index contributed by atoms with van der Waals surface area (Å²) in [5.41, 5.74) is 4.16. The van der Waals surface area contributed by atoms with Gasteiger partial charge < -0.3 is 10.6 Å². The average Bonchev–Trinajstić information content (AvgIpc) is 2.97. The quantitative estimate of drug-likeness (QED) is 0.769. The van der Waals surface area contributed by atoms with E-state index in [1.54, 1.807) is 0 Å². The molecule has 5 heteroatoms. The van der Waals surface area contributed by atoms with Crippen LogP contribution in [-0.2, 0) is 11.2 Å². The molecule has 1 aromatic heterocycles. The van der Waals surface area contributed by atoms with Crippen molar-refractivity contribution >= 4 is 17.4 Å². The SMILES string of the molecule is Cc1[nH]nc(NC(=O)[C@@H]2Cc3ccccc3N2)c1C. The third-order valence-electron chi connectivity index (χ3n) is 3.58. The predicted octanol–water partition coefficient (Wildman–Crippen LogP) is 2.00. The first-order chi connectivity index (χ1) is 9.15. The molecule has 98 valence electrons. The van der Waals surface area contributed by atoms with Crippen LogP contribution < -0.4 is 10.6 Å². The second-order valence-electron chi connectivity index (χ2n) is 4.87. The number of amides is 1. The molecule has 0 saturated heterocycles. The van der Waals surface area contributed by atoms with E-state index in [-0.39, 0.29) is 11.9 Å². The van der Waals surface area contributed by atoms with E-state index in [2.05, 4.69) is 20.8 Å². The van der Waals surface area contributed by atoms with Gasteiger partial charge in [0, 0.05) is 23.4 Å². The number of nitrogens with one attached hydrogen (secondary N) is 3. The van der Waals surface area contributed by atoms with Crippen molar-refractivity contribution in [3.8, 4) is 0 Å². The fourth-order valence-electron chi connectivity index (χ4n) is 2.27. The summed E-state index contributed by atoms with van der Waals surface area (Å²) in [6.45, 7) is 3.87. The molecule has 0 aliphatic carbocycles. The van der Waals surface area contributed by atoms with Crippen LogP contribution in [0.4, 0.5) is 11.5 Å². The number of rotatable bonds is 2. The minimum absolute atomic E-state index is 0.0502. The van der Waals surface area contributed by atoms with E-state index < -0.39 is 0 Å². The van der Waals surface area contributed by atoms with Crippen LogP contribution in [0, 0.1) is 13.8 Å². The van der Waals surface area contributed by atoms with Crippen LogP contribution in [0.5, 0.6) is 0 Å². The lowest BCUT2D eigenvalue weighted by Crippen LogP contribution is -2.33. The highest BCUT2D eigenvalue weighted by Crippen LogP contribution is 2.26. The van der Waals surface area contributed by atoms with Gasteiger partial charge in [0.2, 0.25) is 5.91 Å². The maximum absolute atomic E-state index is 12.2. The number of hydrogen-bond acceptors (Lipinski definition) is 3. The topological polar surface area (TPSA) is 69.8 Å². The summed E-state index contributed by atoms with van der Waals surface area (Å²) in [7, 11) is 0. The van der Waals surface area contributed by atoms with Gasteiger partial charge in [-0.3, -0.25) is 9.89 Å². The number of aromatic nitrogens is 2. The Morgan fingerprint density at radius 3 is 2.84 bits per heavy atom. The van der Waals surface area contributed by atoms with E-state index in [1.807, 2.05) is 38.1 Å². The number of hydrogen-bond donors (Lipinski definition) is 3. The largest absolute Gasteiger partial charge is 0.373 e. The first-order valence-electron chi connectivity index (χ1n) is 6.32. The maximum Gasteiger partial charge on any atom is 0.248 e. The number of anilines is 2. The summed E-state index contributed by atoms with van der Waals surface area (Å²) in [5, 5.41) is 13.1. The van der Waals surface area contributed by atoms with Gasteiger partial charge in [0.15, 0.2) is 5.82 Å². The van der Waals surface area contributed by atoms with Gasteiger partial charge in [0.1, 0.15) is 6.04 Å². The molecule has 1 amide bonds. The molecule has 0 fully saturated rings. The molecular weight excluding hydrogens is 240 g/mol. The number of carbonyl (C=O) groups is 1. The van der Waals surface area contributed by atoms with Crippen molar-refractivity contribution in [1.29, 1.82) is 0 Å². The molecule has 3 N–H and O–H groups in total. The summed E-state index contributed by atoms with van der Waals surface area (Å²) < 4.78 is 0. The number of H-pyrrole nitrogens is 1. The molecule has 0 radical (unpaired) electrons. The maximum atomic E-state index is 12.2. The molecule has 1 atom stereocenters. The number of aromatic amines is 1. The third-order valence-corrected chi connectivity index (χ3v) is 3.58. The minimum atomic E-state index is -0.228. The Bertz CT molecular complexity index is 607. The summed E-state index contributed by atoms with van der Waals surface area (Å²) >= 11 is 0. The number of fused-ring (bicyclic) bond motifs is 1. The van der Waals surface area contributed by atoms with E-state index in [9.17, 15) is 4.79 Å². The molecule has 0 spiro atoms. The molecule has 19 heavy (non-hydrogen) atoms. The normalized spacial score (nSPS) is 16.8. The van der Waals surface area contributed by atoms with Crippen LogP contribution >= 0.6 is 0 Å². The molecule has 3 rings (SSSR count).